The first-order valence-corrected chi connectivity index (χ1v) is 7.76. The number of hydrogen-bond acceptors (Lipinski definition) is 5. The lowest BCUT2D eigenvalue weighted by molar-refractivity contribution is 0.360. The van der Waals surface area contributed by atoms with Crippen molar-refractivity contribution in [3.63, 3.8) is 0 Å². The second-order valence-electron chi connectivity index (χ2n) is 4.55. The summed E-state index contributed by atoms with van der Waals surface area (Å²) in [7, 11) is -0.791. The van der Waals surface area contributed by atoms with Crippen LogP contribution in [0.15, 0.2) is 17.0 Å². The van der Waals surface area contributed by atoms with Crippen molar-refractivity contribution >= 4 is 15.7 Å². The van der Waals surface area contributed by atoms with Crippen LogP contribution in [0, 0.1) is 0 Å². The number of hydrogen-bond donors (Lipinski definition) is 1. The Morgan fingerprint density at radius 2 is 1.75 bits per heavy atom. The number of ether oxygens (including phenoxy) is 2. The van der Waals surface area contributed by atoms with Gasteiger partial charge in [-0.05, 0) is 19.9 Å². The van der Waals surface area contributed by atoms with Crippen LogP contribution in [-0.4, -0.2) is 39.5 Å². The van der Waals surface area contributed by atoms with Crippen molar-refractivity contribution in [1.29, 1.82) is 0 Å². The zero-order valence-electron chi connectivity index (χ0n) is 12.5. The highest BCUT2D eigenvalue weighted by atomic mass is 32.2. The second kappa shape index (κ2) is 6.32. The molecule has 0 unspecified atom stereocenters. The first-order valence-electron chi connectivity index (χ1n) is 6.32. The van der Waals surface area contributed by atoms with Crippen molar-refractivity contribution in [2.45, 2.75) is 31.7 Å². The molecule has 0 aromatic heterocycles. The molecule has 20 heavy (non-hydrogen) atoms. The predicted octanol–water partition coefficient (Wildman–Crippen LogP) is 1.70. The molecule has 1 aromatic carbocycles. The van der Waals surface area contributed by atoms with E-state index in [4.69, 9.17) is 15.2 Å². The van der Waals surface area contributed by atoms with E-state index >= 15 is 0 Å². The molecule has 6 nitrogen and oxygen atoms in total. The van der Waals surface area contributed by atoms with Gasteiger partial charge in [-0.25, -0.2) is 8.42 Å². The van der Waals surface area contributed by atoms with Crippen LogP contribution in [0.1, 0.15) is 20.8 Å². The molecule has 0 aliphatic heterocycles. The maximum absolute atomic E-state index is 12.7. The van der Waals surface area contributed by atoms with Crippen molar-refractivity contribution in [2.24, 2.45) is 0 Å². The van der Waals surface area contributed by atoms with E-state index in [1.807, 2.05) is 13.8 Å². The summed E-state index contributed by atoms with van der Waals surface area (Å²) in [6.07, 6.45) is 0. The minimum Gasteiger partial charge on any atom is -0.495 e. The summed E-state index contributed by atoms with van der Waals surface area (Å²) in [5.41, 5.74) is 6.06. The van der Waals surface area contributed by atoms with E-state index in [-0.39, 0.29) is 22.4 Å². The van der Waals surface area contributed by atoms with Crippen LogP contribution in [0.5, 0.6) is 11.5 Å². The molecular weight excluding hydrogens is 280 g/mol. The lowest BCUT2D eigenvalue weighted by atomic mass is 10.3. The minimum atomic E-state index is -3.67. The monoisotopic (exact) mass is 302 g/mol. The highest BCUT2D eigenvalue weighted by molar-refractivity contribution is 7.89. The maximum Gasteiger partial charge on any atom is 0.247 e. The van der Waals surface area contributed by atoms with Crippen LogP contribution in [0.4, 0.5) is 5.69 Å². The van der Waals surface area contributed by atoms with Gasteiger partial charge in [0.05, 0.1) is 19.9 Å². The van der Waals surface area contributed by atoms with Gasteiger partial charge in [0.2, 0.25) is 10.0 Å². The highest BCUT2D eigenvalue weighted by Gasteiger charge is 2.29. The van der Waals surface area contributed by atoms with Crippen LogP contribution >= 0.6 is 0 Å². The summed E-state index contributed by atoms with van der Waals surface area (Å²) in [6.45, 7) is 5.80. The molecule has 0 amide bonds. The Morgan fingerprint density at radius 3 is 2.15 bits per heavy atom. The van der Waals surface area contributed by atoms with Crippen molar-refractivity contribution < 1.29 is 17.9 Å². The molecule has 0 spiro atoms. The third-order valence-electron chi connectivity index (χ3n) is 2.99. The third kappa shape index (κ3) is 2.99. The number of methoxy groups -OCH3 is 2. The number of rotatable bonds is 6. The van der Waals surface area contributed by atoms with Gasteiger partial charge in [-0.2, -0.15) is 4.31 Å². The SMILES string of the molecule is CCN(C(C)C)S(=O)(=O)c1cc(N)c(OC)cc1OC. The maximum atomic E-state index is 12.7. The first kappa shape index (κ1) is 16.6. The van der Waals surface area contributed by atoms with E-state index in [0.717, 1.165) is 0 Å². The standard InChI is InChI=1S/C13H22N2O4S/c1-6-15(9(2)3)20(16,17)13-7-10(14)11(18-4)8-12(13)19-5/h7-9H,6,14H2,1-5H3. The van der Waals surface area contributed by atoms with Gasteiger partial charge in [0.1, 0.15) is 16.4 Å². The number of nitrogens with zero attached hydrogens (tertiary/aromatic N) is 1. The molecular formula is C13H22N2O4S. The van der Waals surface area contributed by atoms with Crippen molar-refractivity contribution in [3.8, 4) is 11.5 Å². The molecule has 0 heterocycles. The van der Waals surface area contributed by atoms with Crippen LogP contribution < -0.4 is 15.2 Å². The van der Waals surface area contributed by atoms with E-state index < -0.39 is 10.0 Å². The Morgan fingerprint density at radius 1 is 1.20 bits per heavy atom. The molecule has 7 heteroatoms. The number of nitrogen functional groups attached to an aromatic ring is 1. The van der Waals surface area contributed by atoms with Gasteiger partial charge >= 0.3 is 0 Å². The molecule has 1 aromatic rings. The fraction of sp³-hybridized carbons (Fsp3) is 0.538. The number of nitrogens with two attached hydrogens (primary N) is 1. The average molecular weight is 302 g/mol. The van der Waals surface area contributed by atoms with Crippen molar-refractivity contribution in [1.82, 2.24) is 4.31 Å². The van der Waals surface area contributed by atoms with Gasteiger partial charge < -0.3 is 15.2 Å². The van der Waals surface area contributed by atoms with E-state index in [0.29, 0.717) is 12.3 Å². The van der Waals surface area contributed by atoms with Gasteiger partial charge in [-0.15, -0.1) is 0 Å². The van der Waals surface area contributed by atoms with Crippen molar-refractivity contribution in [3.05, 3.63) is 12.1 Å². The topological polar surface area (TPSA) is 81.9 Å². The van der Waals surface area contributed by atoms with Gasteiger partial charge in [0, 0.05) is 18.7 Å². The van der Waals surface area contributed by atoms with Gasteiger partial charge in [-0.3, -0.25) is 0 Å². The molecule has 0 saturated heterocycles. The van der Waals surface area contributed by atoms with Gasteiger partial charge in [0.15, 0.2) is 0 Å². The van der Waals surface area contributed by atoms with E-state index in [9.17, 15) is 8.42 Å². The molecule has 0 aliphatic rings. The lowest BCUT2D eigenvalue weighted by Gasteiger charge is -2.25. The number of benzene rings is 1. The van der Waals surface area contributed by atoms with Crippen LogP contribution in [0.25, 0.3) is 0 Å². The van der Waals surface area contributed by atoms with Crippen molar-refractivity contribution in [2.75, 3.05) is 26.5 Å². The molecule has 2 N–H and O–H groups in total. The molecule has 1 rings (SSSR count). The van der Waals surface area contributed by atoms with E-state index in [2.05, 4.69) is 0 Å². The zero-order chi connectivity index (χ0) is 15.5. The molecule has 0 fully saturated rings. The molecule has 0 saturated carbocycles. The Labute approximate surface area is 120 Å². The minimum absolute atomic E-state index is 0.0499. The average Bonchev–Trinajstić information content (AvgIpc) is 2.38. The van der Waals surface area contributed by atoms with E-state index in [1.165, 1.54) is 30.7 Å². The zero-order valence-corrected chi connectivity index (χ0v) is 13.3. The predicted molar refractivity (Wildman–Crippen MR) is 78.7 cm³/mol. The Hall–Kier alpha value is -1.47. The lowest BCUT2D eigenvalue weighted by Crippen LogP contribution is -2.36. The quantitative estimate of drug-likeness (QED) is 0.809. The molecule has 0 bridgehead atoms. The fourth-order valence-electron chi connectivity index (χ4n) is 2.03. The van der Waals surface area contributed by atoms with E-state index in [1.54, 1.807) is 6.92 Å². The Kier molecular flexibility index (Phi) is 5.24. The first-order chi connectivity index (χ1) is 9.29. The van der Waals surface area contributed by atoms with Gasteiger partial charge in [0.25, 0.3) is 0 Å². The normalized spacial score (nSPS) is 11.9. The van der Waals surface area contributed by atoms with Gasteiger partial charge in [-0.1, -0.05) is 6.92 Å². The third-order valence-corrected chi connectivity index (χ3v) is 5.16. The molecule has 0 atom stereocenters. The summed E-state index contributed by atoms with van der Waals surface area (Å²) in [5, 5.41) is 0. The molecule has 0 aliphatic carbocycles. The summed E-state index contributed by atoms with van der Waals surface area (Å²) in [5.74, 6) is 0.601. The highest BCUT2D eigenvalue weighted by Crippen LogP contribution is 2.35. The summed E-state index contributed by atoms with van der Waals surface area (Å²) in [6, 6.07) is 2.70. The summed E-state index contributed by atoms with van der Waals surface area (Å²) < 4.78 is 37.0. The number of anilines is 1. The van der Waals surface area contributed by atoms with Crippen LogP contribution in [0.3, 0.4) is 0 Å². The number of sulfonamides is 1. The summed E-state index contributed by atoms with van der Waals surface area (Å²) in [4.78, 5) is 0.0499. The van der Waals surface area contributed by atoms with Crippen LogP contribution in [0.2, 0.25) is 0 Å². The smallest absolute Gasteiger partial charge is 0.247 e. The molecule has 0 radical (unpaired) electrons. The van der Waals surface area contributed by atoms with Crippen LogP contribution in [-0.2, 0) is 10.0 Å². The fourth-order valence-corrected chi connectivity index (χ4v) is 3.85. The Balaban J connectivity index is 3.48. The Bertz CT molecular complexity index is 570. The molecule has 114 valence electrons. The second-order valence-corrected chi connectivity index (χ2v) is 6.41. The summed E-state index contributed by atoms with van der Waals surface area (Å²) >= 11 is 0. The largest absolute Gasteiger partial charge is 0.495 e.